The zero-order valence-corrected chi connectivity index (χ0v) is 23.8. The summed E-state index contributed by atoms with van der Waals surface area (Å²) < 4.78 is 42.0. The molecule has 0 spiro atoms. The number of nitrogens with one attached hydrogen (secondary N) is 1. The Bertz CT molecular complexity index is 1370. The Hall–Kier alpha value is -3.43. The van der Waals surface area contributed by atoms with Crippen LogP contribution in [0.15, 0.2) is 83.8 Å². The molecule has 0 aliphatic heterocycles. The van der Waals surface area contributed by atoms with Crippen molar-refractivity contribution in [2.75, 3.05) is 17.4 Å². The predicted molar refractivity (Wildman–Crippen MR) is 151 cm³/mol. The third-order valence-corrected chi connectivity index (χ3v) is 8.07. The maximum absolute atomic E-state index is 13.9. The Morgan fingerprint density at radius 3 is 2.23 bits per heavy atom. The topological polar surface area (TPSA) is 86.8 Å². The maximum atomic E-state index is 13.9. The quantitative estimate of drug-likeness (QED) is 0.320. The molecule has 3 aromatic carbocycles. The Balaban J connectivity index is 2.03. The monoisotopic (exact) mass is 573 g/mol. The average molecular weight is 574 g/mol. The molecule has 1 atom stereocenters. The predicted octanol–water partition coefficient (Wildman–Crippen LogP) is 5.25. The van der Waals surface area contributed by atoms with E-state index in [-0.39, 0.29) is 29.0 Å². The zero-order chi connectivity index (χ0) is 28.6. The van der Waals surface area contributed by atoms with Gasteiger partial charge in [-0.2, -0.15) is 0 Å². The van der Waals surface area contributed by atoms with E-state index < -0.39 is 34.3 Å². The number of nitrogens with zero attached hydrogens (tertiary/aromatic N) is 2. The highest BCUT2D eigenvalue weighted by molar-refractivity contribution is 7.92. The molecule has 10 heteroatoms. The molecule has 0 saturated heterocycles. The van der Waals surface area contributed by atoms with Gasteiger partial charge >= 0.3 is 0 Å². The largest absolute Gasteiger partial charge is 0.354 e. The number of rotatable bonds is 12. The molecule has 0 bridgehead atoms. The number of carbonyl (C=O) groups is 2. The number of halogens is 2. The van der Waals surface area contributed by atoms with Gasteiger partial charge in [0.1, 0.15) is 18.4 Å². The van der Waals surface area contributed by atoms with Crippen molar-refractivity contribution in [1.29, 1.82) is 0 Å². The van der Waals surface area contributed by atoms with E-state index in [4.69, 9.17) is 11.6 Å². The lowest BCUT2D eigenvalue weighted by molar-refractivity contribution is -0.140. The Morgan fingerprint density at radius 1 is 0.974 bits per heavy atom. The van der Waals surface area contributed by atoms with Crippen LogP contribution in [0.25, 0.3) is 0 Å². The van der Waals surface area contributed by atoms with Gasteiger partial charge in [-0.15, -0.1) is 0 Å². The fourth-order valence-electron chi connectivity index (χ4n) is 4.01. The molecule has 0 fully saturated rings. The van der Waals surface area contributed by atoms with Crippen LogP contribution < -0.4 is 9.62 Å². The Morgan fingerprint density at radius 2 is 1.64 bits per heavy atom. The minimum atomic E-state index is -4.18. The van der Waals surface area contributed by atoms with E-state index in [0.717, 1.165) is 4.31 Å². The number of benzene rings is 3. The van der Waals surface area contributed by atoms with Crippen LogP contribution in [0.3, 0.4) is 0 Å². The van der Waals surface area contributed by atoms with Crippen LogP contribution in [0.4, 0.5) is 10.1 Å². The van der Waals surface area contributed by atoms with Gasteiger partial charge in [-0.3, -0.25) is 13.9 Å². The third-order valence-electron chi connectivity index (χ3n) is 6.04. The molecule has 3 aromatic rings. The number of sulfonamides is 1. The summed E-state index contributed by atoms with van der Waals surface area (Å²) in [5.74, 6) is -1.17. The van der Waals surface area contributed by atoms with Crippen molar-refractivity contribution in [3.05, 3.63) is 95.3 Å². The lowest BCUT2D eigenvalue weighted by Gasteiger charge is -2.33. The van der Waals surface area contributed by atoms with Crippen molar-refractivity contribution >= 4 is 39.1 Å². The summed E-state index contributed by atoms with van der Waals surface area (Å²) in [7, 11) is -4.18. The summed E-state index contributed by atoms with van der Waals surface area (Å²) in [6.07, 6.45) is 0.291. The molecular weight excluding hydrogens is 541 g/mol. The lowest BCUT2D eigenvalue weighted by Crippen LogP contribution is -2.52. The van der Waals surface area contributed by atoms with E-state index in [1.54, 1.807) is 43.3 Å². The van der Waals surface area contributed by atoms with E-state index in [1.165, 1.54) is 47.4 Å². The second-order valence-electron chi connectivity index (χ2n) is 9.52. The van der Waals surface area contributed by atoms with Gasteiger partial charge in [-0.1, -0.05) is 68.8 Å². The van der Waals surface area contributed by atoms with Crippen LogP contribution >= 0.6 is 11.6 Å². The van der Waals surface area contributed by atoms with Gasteiger partial charge in [-0.25, -0.2) is 12.8 Å². The van der Waals surface area contributed by atoms with Gasteiger partial charge in [0.2, 0.25) is 11.8 Å². The van der Waals surface area contributed by atoms with Crippen molar-refractivity contribution in [3.8, 4) is 0 Å². The van der Waals surface area contributed by atoms with Crippen molar-refractivity contribution in [1.82, 2.24) is 10.2 Å². The first-order chi connectivity index (χ1) is 18.5. The molecule has 0 aromatic heterocycles. The van der Waals surface area contributed by atoms with Crippen molar-refractivity contribution in [3.63, 3.8) is 0 Å². The third kappa shape index (κ3) is 8.03. The highest BCUT2D eigenvalue weighted by atomic mass is 35.5. The van der Waals surface area contributed by atoms with Gasteiger partial charge in [-0.05, 0) is 60.4 Å². The second-order valence-corrected chi connectivity index (χ2v) is 11.8. The summed E-state index contributed by atoms with van der Waals surface area (Å²) in [6.45, 7) is 5.53. The minimum Gasteiger partial charge on any atom is -0.354 e. The summed E-state index contributed by atoms with van der Waals surface area (Å²) in [4.78, 5) is 28.5. The highest BCUT2D eigenvalue weighted by Gasteiger charge is 2.33. The molecule has 3 rings (SSSR count). The molecule has 0 saturated carbocycles. The molecule has 2 amide bonds. The fourth-order valence-corrected chi connectivity index (χ4v) is 5.62. The first kappa shape index (κ1) is 30.1. The standard InChI is InChI=1S/C29H33ClFN3O4S/c1-4-27(29(36)32-18-21(2)3)33(19-22-13-15-24(31)16-14-22)28(35)20-34(25-10-8-9-23(30)17-25)39(37,38)26-11-6-5-7-12-26/h5-17,21,27H,4,18-20H2,1-3H3,(H,32,36). The van der Waals surface area contributed by atoms with Crippen LogP contribution in [0.5, 0.6) is 0 Å². The lowest BCUT2D eigenvalue weighted by atomic mass is 10.1. The summed E-state index contributed by atoms with van der Waals surface area (Å²) in [5.41, 5.74) is 0.804. The van der Waals surface area contributed by atoms with Crippen LogP contribution in [0, 0.1) is 11.7 Å². The molecular formula is C29H33ClFN3O4S. The van der Waals surface area contributed by atoms with Crippen LogP contribution in [0.1, 0.15) is 32.8 Å². The summed E-state index contributed by atoms with van der Waals surface area (Å²) in [6, 6.07) is 18.7. The first-order valence-electron chi connectivity index (χ1n) is 12.7. The van der Waals surface area contributed by atoms with Gasteiger partial charge in [0.05, 0.1) is 10.6 Å². The van der Waals surface area contributed by atoms with Crippen molar-refractivity contribution < 1.29 is 22.4 Å². The first-order valence-corrected chi connectivity index (χ1v) is 14.5. The molecule has 1 N–H and O–H groups in total. The smallest absolute Gasteiger partial charge is 0.264 e. The van der Waals surface area contributed by atoms with Crippen LogP contribution in [0.2, 0.25) is 5.02 Å². The number of carbonyl (C=O) groups excluding carboxylic acids is 2. The number of anilines is 1. The molecule has 7 nitrogen and oxygen atoms in total. The Kier molecular flexibility index (Phi) is 10.5. The van der Waals surface area contributed by atoms with Gasteiger partial charge in [0, 0.05) is 18.1 Å². The highest BCUT2D eigenvalue weighted by Crippen LogP contribution is 2.27. The second kappa shape index (κ2) is 13.6. The molecule has 208 valence electrons. The SMILES string of the molecule is CCC(C(=O)NCC(C)C)N(Cc1ccc(F)cc1)C(=O)CN(c1cccc(Cl)c1)S(=O)(=O)c1ccccc1. The van der Waals surface area contributed by atoms with E-state index in [9.17, 15) is 22.4 Å². The van der Waals surface area contributed by atoms with Gasteiger partial charge in [0.15, 0.2) is 0 Å². The minimum absolute atomic E-state index is 0.00424. The molecule has 0 aliphatic carbocycles. The fraction of sp³-hybridized carbons (Fsp3) is 0.310. The number of amides is 2. The van der Waals surface area contributed by atoms with Crippen molar-refractivity contribution in [2.24, 2.45) is 5.92 Å². The van der Waals surface area contributed by atoms with E-state index >= 15 is 0 Å². The van der Waals surface area contributed by atoms with Gasteiger partial charge in [0.25, 0.3) is 10.0 Å². The average Bonchev–Trinajstić information content (AvgIpc) is 2.91. The summed E-state index contributed by atoms with van der Waals surface area (Å²) >= 11 is 6.18. The zero-order valence-electron chi connectivity index (χ0n) is 22.2. The summed E-state index contributed by atoms with van der Waals surface area (Å²) in [5, 5.41) is 3.17. The molecule has 0 heterocycles. The molecule has 0 aliphatic rings. The normalized spacial score (nSPS) is 12.2. The molecule has 39 heavy (non-hydrogen) atoms. The Labute approximate surface area is 234 Å². The van der Waals surface area contributed by atoms with E-state index in [2.05, 4.69) is 5.32 Å². The van der Waals surface area contributed by atoms with E-state index in [1.807, 2.05) is 13.8 Å². The molecule has 0 radical (unpaired) electrons. The number of hydrogen-bond donors (Lipinski definition) is 1. The number of hydrogen-bond acceptors (Lipinski definition) is 4. The van der Waals surface area contributed by atoms with Gasteiger partial charge < -0.3 is 10.2 Å². The van der Waals surface area contributed by atoms with Crippen LogP contribution in [-0.2, 0) is 26.2 Å². The maximum Gasteiger partial charge on any atom is 0.264 e. The molecule has 1 unspecified atom stereocenters. The van der Waals surface area contributed by atoms with Crippen molar-refractivity contribution in [2.45, 2.75) is 44.7 Å². The van der Waals surface area contributed by atoms with E-state index in [0.29, 0.717) is 23.6 Å². The van der Waals surface area contributed by atoms with Crippen LogP contribution in [-0.4, -0.2) is 44.3 Å².